The van der Waals surface area contributed by atoms with Crippen LogP contribution in [0.1, 0.15) is 47.1 Å². The van der Waals surface area contributed by atoms with Crippen molar-refractivity contribution in [2.24, 2.45) is 0 Å². The Morgan fingerprint density at radius 3 is 2.48 bits per heavy atom. The molecule has 1 atom stereocenters. The van der Waals surface area contributed by atoms with Gasteiger partial charge < -0.3 is 14.6 Å². The number of benzene rings is 1. The van der Waals surface area contributed by atoms with Crippen molar-refractivity contribution in [3.63, 3.8) is 0 Å². The van der Waals surface area contributed by atoms with E-state index in [1.54, 1.807) is 65.8 Å². The van der Waals surface area contributed by atoms with Gasteiger partial charge in [0.1, 0.15) is 5.60 Å². The quantitative estimate of drug-likeness (QED) is 0.796. The molecule has 0 bridgehead atoms. The molecule has 1 unspecified atom stereocenters. The Bertz CT molecular complexity index is 851. The fourth-order valence-electron chi connectivity index (χ4n) is 2.48. The van der Waals surface area contributed by atoms with E-state index >= 15 is 0 Å². The van der Waals surface area contributed by atoms with Gasteiger partial charge in [-0.1, -0.05) is 18.1 Å². The summed E-state index contributed by atoms with van der Waals surface area (Å²) < 4.78 is 10.8. The summed E-state index contributed by atoms with van der Waals surface area (Å²) in [6.07, 6.45) is -0.813. The molecule has 0 saturated carbocycles. The van der Waals surface area contributed by atoms with Gasteiger partial charge in [-0.3, -0.25) is 10.1 Å². The van der Waals surface area contributed by atoms with Crippen molar-refractivity contribution in [1.29, 1.82) is 0 Å². The van der Waals surface area contributed by atoms with Crippen molar-refractivity contribution in [2.45, 2.75) is 58.8 Å². The Hall–Kier alpha value is -2.78. The Balaban J connectivity index is 2.28. The van der Waals surface area contributed by atoms with Crippen LogP contribution >= 0.6 is 0 Å². The van der Waals surface area contributed by atoms with Crippen molar-refractivity contribution in [3.8, 4) is 11.8 Å². The summed E-state index contributed by atoms with van der Waals surface area (Å²) in [5, 5.41) is 13.3. The molecule has 2 N–H and O–H groups in total. The maximum absolute atomic E-state index is 12.1. The predicted octanol–water partition coefficient (Wildman–Crippen LogP) is 3.40. The lowest BCUT2D eigenvalue weighted by molar-refractivity contribution is -0.134. The van der Waals surface area contributed by atoms with Crippen molar-refractivity contribution in [3.05, 3.63) is 41.2 Å². The first kappa shape index (κ1) is 20.5. The molecular weight excluding hydrogens is 346 g/mol. The number of hydrogen-bond acceptors (Lipinski definition) is 5. The van der Waals surface area contributed by atoms with Crippen LogP contribution in [0.15, 0.2) is 35.6 Å². The second-order valence-corrected chi connectivity index (χ2v) is 7.58. The molecule has 0 heterocycles. The molecule has 1 amide bonds. The predicted molar refractivity (Wildman–Crippen MR) is 102 cm³/mol. The Labute approximate surface area is 159 Å². The molecule has 1 aromatic carbocycles. The van der Waals surface area contributed by atoms with E-state index in [2.05, 4.69) is 17.2 Å². The molecule has 0 aliphatic heterocycles. The first-order valence-electron chi connectivity index (χ1n) is 8.71. The third-order valence-corrected chi connectivity index (χ3v) is 3.63. The fraction of sp³-hybridized carbons (Fsp3) is 0.429. The smallest absolute Gasteiger partial charge is 0.412 e. The van der Waals surface area contributed by atoms with Crippen LogP contribution in [0.4, 0.5) is 10.5 Å². The number of aliphatic hydroxyl groups is 1. The first-order valence-corrected chi connectivity index (χ1v) is 8.71. The molecule has 6 nitrogen and oxygen atoms in total. The average molecular weight is 371 g/mol. The first-order chi connectivity index (χ1) is 12.4. The number of anilines is 1. The van der Waals surface area contributed by atoms with Crippen LogP contribution in [0.25, 0.3) is 0 Å². The van der Waals surface area contributed by atoms with Crippen LogP contribution in [0.5, 0.6) is 0 Å². The topological polar surface area (TPSA) is 84.9 Å². The van der Waals surface area contributed by atoms with E-state index in [0.717, 1.165) is 0 Å². The number of amides is 1. The normalized spacial score (nSPS) is 19.2. The van der Waals surface area contributed by atoms with Gasteiger partial charge in [-0.25, -0.2) is 4.79 Å². The molecule has 0 aromatic heterocycles. The van der Waals surface area contributed by atoms with Crippen LogP contribution in [0.3, 0.4) is 0 Å². The highest BCUT2D eigenvalue weighted by atomic mass is 16.6. The molecule has 1 aliphatic rings. The number of ether oxygens (including phenoxy) is 2. The highest BCUT2D eigenvalue weighted by Gasteiger charge is 2.52. The van der Waals surface area contributed by atoms with E-state index in [-0.39, 0.29) is 11.9 Å². The van der Waals surface area contributed by atoms with Crippen molar-refractivity contribution < 1.29 is 24.2 Å². The molecule has 0 saturated heterocycles. The number of hydrogen-bond donors (Lipinski definition) is 2. The zero-order valence-electron chi connectivity index (χ0n) is 16.5. The van der Waals surface area contributed by atoms with E-state index in [1.165, 1.54) is 0 Å². The number of carbonyl (C=O) groups excluding carboxylic acids is 2. The van der Waals surface area contributed by atoms with Gasteiger partial charge in [-0.05, 0) is 59.6 Å². The molecule has 144 valence electrons. The lowest BCUT2D eigenvalue weighted by Gasteiger charge is -2.35. The number of nitrogens with one attached hydrogen (secondary N) is 1. The van der Waals surface area contributed by atoms with Gasteiger partial charge in [0, 0.05) is 11.1 Å². The molecular formula is C21H25NO5. The highest BCUT2D eigenvalue weighted by molar-refractivity contribution is 6.13. The lowest BCUT2D eigenvalue weighted by atomic mass is 9.78. The standard InChI is InChI=1S/C21H25NO5/c1-13(2)26-18-14(3)17(23)21(18,25)12-11-15-9-7-8-10-16(15)22-19(24)27-20(4,5)6/h7-10,13,25H,1-6H3,(H,22,24). The van der Waals surface area contributed by atoms with Gasteiger partial charge in [-0.15, -0.1) is 0 Å². The number of carbonyl (C=O) groups is 2. The summed E-state index contributed by atoms with van der Waals surface area (Å²) >= 11 is 0. The number of Topliss-reactive ketones (excluding diaryl/α,β-unsaturated/α-hetero) is 1. The molecule has 1 aromatic rings. The van der Waals surface area contributed by atoms with Gasteiger partial charge in [0.2, 0.25) is 11.4 Å². The third-order valence-electron chi connectivity index (χ3n) is 3.63. The van der Waals surface area contributed by atoms with E-state index in [1.807, 2.05) is 0 Å². The number of para-hydroxylation sites is 1. The van der Waals surface area contributed by atoms with Gasteiger partial charge >= 0.3 is 6.09 Å². The molecule has 6 heteroatoms. The minimum Gasteiger partial charge on any atom is -0.490 e. The molecule has 0 radical (unpaired) electrons. The van der Waals surface area contributed by atoms with Crippen LogP contribution in [0.2, 0.25) is 0 Å². The third kappa shape index (κ3) is 4.69. The summed E-state index contributed by atoms with van der Waals surface area (Å²) in [4.78, 5) is 24.1. The minimum atomic E-state index is -1.96. The summed E-state index contributed by atoms with van der Waals surface area (Å²) in [7, 11) is 0. The number of ketones is 1. The second kappa shape index (κ2) is 7.45. The van der Waals surface area contributed by atoms with Crippen molar-refractivity contribution >= 4 is 17.6 Å². The van der Waals surface area contributed by atoms with E-state index < -0.39 is 23.1 Å². The van der Waals surface area contributed by atoms with Gasteiger partial charge in [0.25, 0.3) is 0 Å². The summed E-state index contributed by atoms with van der Waals surface area (Å²) in [5.41, 5.74) is -1.38. The SMILES string of the molecule is CC1=C(OC(C)C)C(O)(C#Cc2ccccc2NC(=O)OC(C)(C)C)C1=O. The van der Waals surface area contributed by atoms with Crippen LogP contribution in [-0.4, -0.2) is 34.3 Å². The maximum Gasteiger partial charge on any atom is 0.412 e. The molecule has 2 rings (SSSR count). The second-order valence-electron chi connectivity index (χ2n) is 7.58. The highest BCUT2D eigenvalue weighted by Crippen LogP contribution is 2.36. The average Bonchev–Trinajstić information content (AvgIpc) is 2.56. The summed E-state index contributed by atoms with van der Waals surface area (Å²) in [6.45, 7) is 10.5. The largest absolute Gasteiger partial charge is 0.490 e. The van der Waals surface area contributed by atoms with E-state index in [9.17, 15) is 14.7 Å². The summed E-state index contributed by atoms with van der Waals surface area (Å²) in [6, 6.07) is 6.81. The summed E-state index contributed by atoms with van der Waals surface area (Å²) in [5.74, 6) is 5.05. The van der Waals surface area contributed by atoms with E-state index in [0.29, 0.717) is 16.8 Å². The molecule has 27 heavy (non-hydrogen) atoms. The molecule has 0 spiro atoms. The zero-order valence-corrected chi connectivity index (χ0v) is 16.5. The van der Waals surface area contributed by atoms with Crippen LogP contribution < -0.4 is 5.32 Å². The Morgan fingerprint density at radius 1 is 1.26 bits per heavy atom. The molecule has 1 aliphatic carbocycles. The van der Waals surface area contributed by atoms with Crippen molar-refractivity contribution in [1.82, 2.24) is 0 Å². The van der Waals surface area contributed by atoms with E-state index in [4.69, 9.17) is 9.47 Å². The van der Waals surface area contributed by atoms with Crippen molar-refractivity contribution in [2.75, 3.05) is 5.32 Å². The Morgan fingerprint density at radius 2 is 1.89 bits per heavy atom. The van der Waals surface area contributed by atoms with Gasteiger partial charge in [-0.2, -0.15) is 0 Å². The van der Waals surface area contributed by atoms with Crippen LogP contribution in [0, 0.1) is 11.8 Å². The fourth-order valence-corrected chi connectivity index (χ4v) is 2.48. The van der Waals surface area contributed by atoms with Gasteiger partial charge in [0.05, 0.1) is 11.8 Å². The minimum absolute atomic E-state index is 0.174. The number of rotatable bonds is 3. The lowest BCUT2D eigenvalue weighted by Crippen LogP contribution is -2.50. The van der Waals surface area contributed by atoms with Crippen LogP contribution in [-0.2, 0) is 14.3 Å². The molecule has 0 fully saturated rings. The van der Waals surface area contributed by atoms with Gasteiger partial charge in [0.15, 0.2) is 5.76 Å². The Kier molecular flexibility index (Phi) is 5.67. The maximum atomic E-state index is 12.1. The zero-order chi connectivity index (χ0) is 20.4. The monoisotopic (exact) mass is 371 g/mol.